The molecule has 1 unspecified atom stereocenters. The lowest BCUT2D eigenvalue weighted by molar-refractivity contribution is 0.595. The van der Waals surface area contributed by atoms with Crippen molar-refractivity contribution in [2.45, 2.75) is 38.1 Å². The summed E-state index contributed by atoms with van der Waals surface area (Å²) in [6.07, 6.45) is 0.621. The molecule has 114 valence electrons. The molecule has 0 amide bonds. The summed E-state index contributed by atoms with van der Waals surface area (Å²) in [6, 6.07) is 11.4. The van der Waals surface area contributed by atoms with Gasteiger partial charge < -0.3 is 5.32 Å². The first-order chi connectivity index (χ1) is 9.94. The third kappa shape index (κ3) is 3.86. The van der Waals surface area contributed by atoms with E-state index in [9.17, 15) is 8.42 Å². The van der Waals surface area contributed by atoms with Crippen LogP contribution in [-0.2, 0) is 9.84 Å². The maximum Gasteiger partial charge on any atom is 0.180 e. The van der Waals surface area contributed by atoms with E-state index in [1.807, 2.05) is 19.1 Å². The van der Waals surface area contributed by atoms with Gasteiger partial charge in [-0.25, -0.2) is 8.42 Å². The van der Waals surface area contributed by atoms with Crippen molar-refractivity contribution in [3.63, 3.8) is 0 Å². The molecule has 5 heteroatoms. The molecule has 1 heterocycles. The first-order valence-corrected chi connectivity index (χ1v) is 9.55. The van der Waals surface area contributed by atoms with E-state index in [0.29, 0.717) is 17.0 Å². The number of thiophene rings is 1. The van der Waals surface area contributed by atoms with Crippen LogP contribution in [0.15, 0.2) is 41.3 Å². The molecule has 1 N–H and O–H groups in total. The largest absolute Gasteiger partial charge is 0.377 e. The fraction of sp³-hybridized carbons (Fsp3) is 0.375. The number of nitrogens with one attached hydrogen (secondary N) is 1. The number of anilines is 1. The van der Waals surface area contributed by atoms with E-state index in [0.717, 1.165) is 0 Å². The highest BCUT2D eigenvalue weighted by Gasteiger charge is 2.19. The highest BCUT2D eigenvalue weighted by molar-refractivity contribution is 7.91. The van der Waals surface area contributed by atoms with Gasteiger partial charge in [0.1, 0.15) is 0 Å². The Morgan fingerprint density at radius 2 is 1.90 bits per heavy atom. The van der Waals surface area contributed by atoms with Gasteiger partial charge in [-0.2, -0.15) is 0 Å². The highest BCUT2D eigenvalue weighted by atomic mass is 32.2. The second-order valence-corrected chi connectivity index (χ2v) is 8.53. The molecule has 0 saturated carbocycles. The summed E-state index contributed by atoms with van der Waals surface area (Å²) in [5.74, 6) is 0.179. The highest BCUT2D eigenvalue weighted by Crippen LogP contribution is 2.29. The molecular formula is C16H21NO2S2. The van der Waals surface area contributed by atoms with E-state index in [-0.39, 0.29) is 11.8 Å². The van der Waals surface area contributed by atoms with E-state index in [1.54, 1.807) is 23.5 Å². The molecule has 0 saturated heterocycles. The van der Waals surface area contributed by atoms with Gasteiger partial charge in [-0.3, -0.25) is 0 Å². The second kappa shape index (κ2) is 6.62. The van der Waals surface area contributed by atoms with Crippen molar-refractivity contribution >= 4 is 26.9 Å². The summed E-state index contributed by atoms with van der Waals surface area (Å²) in [7, 11) is -3.22. The van der Waals surface area contributed by atoms with E-state index in [4.69, 9.17) is 0 Å². The van der Waals surface area contributed by atoms with Crippen LogP contribution in [0.2, 0.25) is 0 Å². The predicted octanol–water partition coefficient (Wildman–Crippen LogP) is 4.41. The van der Waals surface area contributed by atoms with Gasteiger partial charge in [-0.05, 0) is 44.5 Å². The van der Waals surface area contributed by atoms with Crippen LogP contribution in [0, 0.1) is 6.92 Å². The fourth-order valence-corrected chi connectivity index (χ4v) is 4.61. The van der Waals surface area contributed by atoms with Crippen LogP contribution >= 0.6 is 11.3 Å². The molecule has 1 atom stereocenters. The van der Waals surface area contributed by atoms with Crippen molar-refractivity contribution in [1.82, 2.24) is 0 Å². The normalized spacial score (nSPS) is 13.1. The lowest BCUT2D eigenvalue weighted by Crippen LogP contribution is -2.12. The smallest absolute Gasteiger partial charge is 0.180 e. The molecule has 1 aromatic heterocycles. The maximum atomic E-state index is 12.3. The first-order valence-electron chi connectivity index (χ1n) is 7.08. The van der Waals surface area contributed by atoms with Crippen LogP contribution in [0.3, 0.4) is 0 Å². The van der Waals surface area contributed by atoms with E-state index in [1.165, 1.54) is 9.75 Å². The average molecular weight is 323 g/mol. The van der Waals surface area contributed by atoms with Crippen LogP contribution in [0.25, 0.3) is 0 Å². The van der Waals surface area contributed by atoms with Crippen LogP contribution in [0.5, 0.6) is 0 Å². The molecule has 1 aromatic carbocycles. The topological polar surface area (TPSA) is 46.2 Å². The van der Waals surface area contributed by atoms with Crippen molar-refractivity contribution in [1.29, 1.82) is 0 Å². The second-order valence-electron chi connectivity index (χ2n) is 5.13. The van der Waals surface area contributed by atoms with Gasteiger partial charge in [0.15, 0.2) is 9.84 Å². The average Bonchev–Trinajstić information content (AvgIpc) is 2.86. The van der Waals surface area contributed by atoms with Gasteiger partial charge in [0, 0.05) is 9.75 Å². The number of benzene rings is 1. The van der Waals surface area contributed by atoms with Gasteiger partial charge in [0.2, 0.25) is 0 Å². The number of hydrogen-bond acceptors (Lipinski definition) is 4. The standard InChI is InChI=1S/C16H21NO2S2/c1-4-11-21(18,19)16-8-6-5-7-14(16)17-13(3)15-10-9-12(2)20-15/h5-10,13,17H,4,11H2,1-3H3. The summed E-state index contributed by atoms with van der Waals surface area (Å²) in [4.78, 5) is 2.85. The monoisotopic (exact) mass is 323 g/mol. The van der Waals surface area contributed by atoms with Crippen LogP contribution in [-0.4, -0.2) is 14.2 Å². The minimum atomic E-state index is -3.22. The molecule has 3 nitrogen and oxygen atoms in total. The van der Waals surface area contributed by atoms with Crippen molar-refractivity contribution in [2.75, 3.05) is 11.1 Å². The Balaban J connectivity index is 2.29. The molecule has 2 aromatic rings. The zero-order chi connectivity index (χ0) is 15.5. The summed E-state index contributed by atoms with van der Waals surface area (Å²) in [6.45, 7) is 6.00. The summed E-state index contributed by atoms with van der Waals surface area (Å²) in [5, 5.41) is 3.34. The molecule has 0 bridgehead atoms. The van der Waals surface area contributed by atoms with E-state index in [2.05, 4.69) is 31.3 Å². The number of rotatable bonds is 6. The Morgan fingerprint density at radius 1 is 1.19 bits per heavy atom. The minimum absolute atomic E-state index is 0.0849. The van der Waals surface area contributed by atoms with Gasteiger partial charge in [0.05, 0.1) is 22.4 Å². The molecule has 0 radical (unpaired) electrons. The molecular weight excluding hydrogens is 302 g/mol. The predicted molar refractivity (Wildman–Crippen MR) is 89.9 cm³/mol. The lowest BCUT2D eigenvalue weighted by Gasteiger charge is -2.17. The Bertz CT molecular complexity index is 705. The first kappa shape index (κ1) is 16.0. The lowest BCUT2D eigenvalue weighted by atomic mass is 10.2. The fourth-order valence-electron chi connectivity index (χ4n) is 2.23. The van der Waals surface area contributed by atoms with Crippen molar-refractivity contribution in [3.8, 4) is 0 Å². The number of hydrogen-bond donors (Lipinski definition) is 1. The zero-order valence-corrected chi connectivity index (χ0v) is 14.2. The van der Waals surface area contributed by atoms with E-state index >= 15 is 0 Å². The van der Waals surface area contributed by atoms with Gasteiger partial charge >= 0.3 is 0 Å². The van der Waals surface area contributed by atoms with Crippen LogP contribution in [0.4, 0.5) is 5.69 Å². The molecule has 21 heavy (non-hydrogen) atoms. The minimum Gasteiger partial charge on any atom is -0.377 e. The Labute approximate surface area is 130 Å². The number of para-hydroxylation sites is 1. The van der Waals surface area contributed by atoms with Crippen LogP contribution < -0.4 is 5.32 Å². The third-order valence-corrected chi connectivity index (χ3v) is 6.41. The molecule has 0 aliphatic carbocycles. The quantitative estimate of drug-likeness (QED) is 0.856. The SMILES string of the molecule is CCCS(=O)(=O)c1ccccc1NC(C)c1ccc(C)s1. The summed E-state index contributed by atoms with van der Waals surface area (Å²) in [5.41, 5.74) is 0.685. The molecule has 0 aliphatic heterocycles. The third-order valence-electron chi connectivity index (χ3n) is 3.25. The molecule has 0 fully saturated rings. The molecule has 0 spiro atoms. The van der Waals surface area contributed by atoms with Crippen molar-refractivity contribution in [3.05, 3.63) is 46.2 Å². The maximum absolute atomic E-state index is 12.3. The van der Waals surface area contributed by atoms with Crippen molar-refractivity contribution in [2.24, 2.45) is 0 Å². The van der Waals surface area contributed by atoms with Crippen molar-refractivity contribution < 1.29 is 8.42 Å². The van der Waals surface area contributed by atoms with Crippen LogP contribution in [0.1, 0.15) is 36.1 Å². The summed E-state index contributed by atoms with van der Waals surface area (Å²) >= 11 is 1.73. The molecule has 2 rings (SSSR count). The Hall–Kier alpha value is -1.33. The van der Waals surface area contributed by atoms with Gasteiger partial charge in [-0.1, -0.05) is 19.1 Å². The van der Waals surface area contributed by atoms with Gasteiger partial charge in [0.25, 0.3) is 0 Å². The zero-order valence-electron chi connectivity index (χ0n) is 12.6. The Kier molecular flexibility index (Phi) is 5.06. The van der Waals surface area contributed by atoms with Gasteiger partial charge in [-0.15, -0.1) is 11.3 Å². The number of aryl methyl sites for hydroxylation is 1. The number of sulfone groups is 1. The van der Waals surface area contributed by atoms with E-state index < -0.39 is 9.84 Å². The summed E-state index contributed by atoms with van der Waals surface area (Å²) < 4.78 is 24.7. The Morgan fingerprint density at radius 3 is 2.52 bits per heavy atom. The molecule has 0 aliphatic rings.